The van der Waals surface area contributed by atoms with Crippen LogP contribution in [0.1, 0.15) is 48.4 Å². The molecule has 102 valence electrons. The largest absolute Gasteiger partial charge is 0.481 e. The second kappa shape index (κ2) is 5.38. The first-order chi connectivity index (χ1) is 9.12. The predicted octanol–water partition coefficient (Wildman–Crippen LogP) is 2.59. The van der Waals surface area contributed by atoms with E-state index in [2.05, 4.69) is 16.9 Å². The molecule has 0 N–H and O–H groups in total. The minimum atomic E-state index is 0.0596. The average Bonchev–Trinajstić information content (AvgIpc) is 2.83. The molecule has 2 aromatic rings. The number of ether oxygens (including phenoxy) is 1. The van der Waals surface area contributed by atoms with Gasteiger partial charge in [-0.2, -0.15) is 4.98 Å². The topological polar surface area (TPSA) is 56.5 Å². The number of nitrogens with zero attached hydrogens (tertiary/aromatic N) is 3. The Labute approximate surface area is 112 Å². The molecule has 5 heteroatoms. The van der Waals surface area contributed by atoms with Crippen molar-refractivity contribution in [3.05, 3.63) is 23.1 Å². The molecule has 0 spiro atoms. The van der Waals surface area contributed by atoms with Crippen LogP contribution in [0, 0.1) is 6.92 Å². The van der Waals surface area contributed by atoms with Crippen molar-refractivity contribution in [1.29, 1.82) is 0 Å². The highest BCUT2D eigenvalue weighted by atomic mass is 16.5. The van der Waals surface area contributed by atoms with Crippen molar-refractivity contribution >= 4 is 11.6 Å². The molecule has 0 aliphatic heterocycles. The molecule has 0 aliphatic carbocycles. The van der Waals surface area contributed by atoms with Gasteiger partial charge >= 0.3 is 0 Å². The Bertz CT molecular complexity index is 617. The normalized spacial score (nSPS) is 10.9. The van der Waals surface area contributed by atoms with Crippen LogP contribution in [0.2, 0.25) is 0 Å². The molecule has 2 rings (SSSR count). The van der Waals surface area contributed by atoms with E-state index in [1.54, 1.807) is 13.3 Å². The van der Waals surface area contributed by atoms with Crippen molar-refractivity contribution in [3.63, 3.8) is 0 Å². The van der Waals surface area contributed by atoms with E-state index < -0.39 is 0 Å². The highest BCUT2D eigenvalue weighted by Crippen LogP contribution is 2.22. The number of aromatic nitrogens is 3. The molecule has 19 heavy (non-hydrogen) atoms. The Morgan fingerprint density at radius 3 is 2.68 bits per heavy atom. The fourth-order valence-corrected chi connectivity index (χ4v) is 2.22. The maximum atomic E-state index is 11.9. The van der Waals surface area contributed by atoms with Crippen LogP contribution in [-0.4, -0.2) is 27.3 Å². The summed E-state index contributed by atoms with van der Waals surface area (Å²) in [5.74, 6) is 1.17. The quantitative estimate of drug-likeness (QED) is 0.776. The number of rotatable bonds is 5. The van der Waals surface area contributed by atoms with Gasteiger partial charge in [0.1, 0.15) is 5.69 Å². The molecule has 0 saturated heterocycles. The van der Waals surface area contributed by atoms with E-state index in [1.165, 1.54) is 0 Å². The fraction of sp³-hybridized carbons (Fsp3) is 0.500. The van der Waals surface area contributed by atoms with Gasteiger partial charge in [-0.15, -0.1) is 0 Å². The van der Waals surface area contributed by atoms with E-state index in [0.29, 0.717) is 23.8 Å². The SMILES string of the molecule is CCCC(=O)c1cn2c(C)c(CC)c(OC)nc2n1. The standard InChI is InChI=1S/C14H19N3O2/c1-5-7-12(18)11-8-17-9(3)10(6-2)13(19-4)16-14(17)15-11/h8H,5-7H2,1-4H3. The van der Waals surface area contributed by atoms with Gasteiger partial charge in [-0.1, -0.05) is 13.8 Å². The van der Waals surface area contributed by atoms with Crippen LogP contribution in [0.3, 0.4) is 0 Å². The van der Waals surface area contributed by atoms with Crippen molar-refractivity contribution in [2.24, 2.45) is 0 Å². The molecule has 0 aromatic carbocycles. The maximum Gasteiger partial charge on any atom is 0.237 e. The first-order valence-electron chi connectivity index (χ1n) is 6.58. The molecule has 0 fully saturated rings. The number of carbonyl (C=O) groups excluding carboxylic acids is 1. The summed E-state index contributed by atoms with van der Waals surface area (Å²) in [6.45, 7) is 6.03. The Morgan fingerprint density at radius 2 is 2.11 bits per heavy atom. The van der Waals surface area contributed by atoms with Gasteiger partial charge in [0, 0.05) is 23.9 Å². The number of hydrogen-bond donors (Lipinski definition) is 0. The van der Waals surface area contributed by atoms with Crippen LogP contribution in [-0.2, 0) is 6.42 Å². The van der Waals surface area contributed by atoms with Gasteiger partial charge in [0.2, 0.25) is 11.7 Å². The zero-order valence-corrected chi connectivity index (χ0v) is 11.9. The van der Waals surface area contributed by atoms with Crippen LogP contribution in [0.4, 0.5) is 0 Å². The molecule has 2 aromatic heterocycles. The first kappa shape index (κ1) is 13.5. The minimum Gasteiger partial charge on any atom is -0.481 e. The van der Waals surface area contributed by atoms with E-state index in [9.17, 15) is 4.79 Å². The number of imidazole rings is 1. The van der Waals surface area contributed by atoms with Gasteiger partial charge in [-0.25, -0.2) is 4.98 Å². The summed E-state index contributed by atoms with van der Waals surface area (Å²) in [6.07, 6.45) is 3.94. The highest BCUT2D eigenvalue weighted by molar-refractivity contribution is 5.94. The molecular weight excluding hydrogens is 242 g/mol. The van der Waals surface area contributed by atoms with Gasteiger partial charge in [0.05, 0.1) is 7.11 Å². The summed E-state index contributed by atoms with van der Waals surface area (Å²) in [6, 6.07) is 0. The Kier molecular flexibility index (Phi) is 3.83. The molecule has 0 radical (unpaired) electrons. The lowest BCUT2D eigenvalue weighted by atomic mass is 10.2. The summed E-state index contributed by atoms with van der Waals surface area (Å²) >= 11 is 0. The van der Waals surface area contributed by atoms with Crippen molar-refractivity contribution in [1.82, 2.24) is 14.4 Å². The molecular formula is C14H19N3O2. The number of fused-ring (bicyclic) bond motifs is 1. The number of methoxy groups -OCH3 is 1. The van der Waals surface area contributed by atoms with Crippen LogP contribution in [0.5, 0.6) is 5.88 Å². The lowest BCUT2D eigenvalue weighted by molar-refractivity contribution is 0.0977. The third-order valence-corrected chi connectivity index (χ3v) is 3.25. The van der Waals surface area contributed by atoms with Gasteiger partial charge in [-0.3, -0.25) is 9.20 Å². The second-order valence-electron chi connectivity index (χ2n) is 4.51. The van der Waals surface area contributed by atoms with Gasteiger partial charge in [0.25, 0.3) is 0 Å². The monoisotopic (exact) mass is 261 g/mol. The number of carbonyl (C=O) groups is 1. The van der Waals surface area contributed by atoms with Crippen LogP contribution < -0.4 is 4.74 Å². The smallest absolute Gasteiger partial charge is 0.237 e. The Balaban J connectivity index is 2.59. The first-order valence-corrected chi connectivity index (χ1v) is 6.58. The van der Waals surface area contributed by atoms with Crippen molar-refractivity contribution in [2.75, 3.05) is 7.11 Å². The average molecular weight is 261 g/mol. The highest BCUT2D eigenvalue weighted by Gasteiger charge is 2.16. The van der Waals surface area contributed by atoms with Crippen LogP contribution in [0.15, 0.2) is 6.20 Å². The van der Waals surface area contributed by atoms with E-state index in [4.69, 9.17) is 4.74 Å². The van der Waals surface area contributed by atoms with E-state index in [-0.39, 0.29) is 5.78 Å². The summed E-state index contributed by atoms with van der Waals surface area (Å²) in [5, 5.41) is 0. The molecule has 0 unspecified atom stereocenters. The van der Waals surface area contributed by atoms with Crippen molar-refractivity contribution in [2.45, 2.75) is 40.0 Å². The summed E-state index contributed by atoms with van der Waals surface area (Å²) < 4.78 is 7.16. The minimum absolute atomic E-state index is 0.0596. The molecule has 0 aliphatic rings. The Morgan fingerprint density at radius 1 is 1.37 bits per heavy atom. The summed E-state index contributed by atoms with van der Waals surface area (Å²) in [7, 11) is 1.60. The molecule has 0 saturated carbocycles. The summed E-state index contributed by atoms with van der Waals surface area (Å²) in [5.41, 5.74) is 2.54. The maximum absolute atomic E-state index is 11.9. The van der Waals surface area contributed by atoms with Gasteiger partial charge < -0.3 is 4.74 Å². The third kappa shape index (κ3) is 2.32. The van der Waals surface area contributed by atoms with Crippen molar-refractivity contribution < 1.29 is 9.53 Å². The zero-order chi connectivity index (χ0) is 14.0. The lowest BCUT2D eigenvalue weighted by Gasteiger charge is -2.10. The van der Waals surface area contributed by atoms with Gasteiger partial charge in [0.15, 0.2) is 5.78 Å². The molecule has 2 heterocycles. The van der Waals surface area contributed by atoms with Gasteiger partial charge in [-0.05, 0) is 19.8 Å². The number of Topliss-reactive ketones (excluding diaryl/α,β-unsaturated/α-hetero) is 1. The molecule has 0 amide bonds. The fourth-order valence-electron chi connectivity index (χ4n) is 2.22. The van der Waals surface area contributed by atoms with E-state index >= 15 is 0 Å². The number of hydrogen-bond acceptors (Lipinski definition) is 4. The lowest BCUT2D eigenvalue weighted by Crippen LogP contribution is -2.03. The Hall–Kier alpha value is -1.91. The molecule has 5 nitrogen and oxygen atoms in total. The van der Waals surface area contributed by atoms with Crippen molar-refractivity contribution in [3.8, 4) is 5.88 Å². The molecule has 0 bridgehead atoms. The molecule has 0 atom stereocenters. The number of aryl methyl sites for hydroxylation is 1. The summed E-state index contributed by atoms with van der Waals surface area (Å²) in [4.78, 5) is 20.6. The van der Waals surface area contributed by atoms with E-state index in [1.807, 2.05) is 18.2 Å². The van der Waals surface area contributed by atoms with Crippen LogP contribution >= 0.6 is 0 Å². The number of ketones is 1. The third-order valence-electron chi connectivity index (χ3n) is 3.25. The predicted molar refractivity (Wildman–Crippen MR) is 72.9 cm³/mol. The second-order valence-corrected chi connectivity index (χ2v) is 4.51. The zero-order valence-electron chi connectivity index (χ0n) is 11.9. The van der Waals surface area contributed by atoms with E-state index in [0.717, 1.165) is 24.1 Å². The van der Waals surface area contributed by atoms with Crippen LogP contribution in [0.25, 0.3) is 5.78 Å².